The number of methoxy groups -OCH3 is 1. The fourth-order valence-corrected chi connectivity index (χ4v) is 3.32. The van der Waals surface area contributed by atoms with Gasteiger partial charge in [-0.25, -0.2) is 9.67 Å². The maximum absolute atomic E-state index is 5.84. The molecule has 1 saturated heterocycles. The van der Waals surface area contributed by atoms with E-state index in [0.717, 1.165) is 24.7 Å². The van der Waals surface area contributed by atoms with Gasteiger partial charge in [0.2, 0.25) is 0 Å². The van der Waals surface area contributed by atoms with Crippen LogP contribution in [0, 0.1) is 0 Å². The number of nitrogens with zero attached hydrogens (tertiary/aromatic N) is 4. The number of aromatic nitrogens is 3. The molecule has 1 aliphatic rings. The normalized spacial score (nSPS) is 23.2. The van der Waals surface area contributed by atoms with E-state index in [1.54, 1.807) is 13.4 Å². The highest BCUT2D eigenvalue weighted by molar-refractivity contribution is 5.27. The Balaban J connectivity index is 1.74. The van der Waals surface area contributed by atoms with Gasteiger partial charge in [0, 0.05) is 13.1 Å². The van der Waals surface area contributed by atoms with Crippen molar-refractivity contribution in [2.24, 2.45) is 0 Å². The van der Waals surface area contributed by atoms with Crippen LogP contribution in [0.5, 0.6) is 5.75 Å². The Kier molecular flexibility index (Phi) is 5.16. The molecule has 24 heavy (non-hydrogen) atoms. The van der Waals surface area contributed by atoms with Gasteiger partial charge < -0.3 is 9.47 Å². The Labute approximate surface area is 143 Å². The van der Waals surface area contributed by atoms with E-state index >= 15 is 0 Å². The maximum Gasteiger partial charge on any atom is 0.144 e. The van der Waals surface area contributed by atoms with Gasteiger partial charge in [0.15, 0.2) is 0 Å². The molecule has 1 aliphatic heterocycles. The lowest BCUT2D eigenvalue weighted by molar-refractivity contribution is -0.0801. The molecule has 0 N–H and O–H groups in total. The summed E-state index contributed by atoms with van der Waals surface area (Å²) in [5.41, 5.74) is 1.18. The maximum atomic E-state index is 5.84. The van der Waals surface area contributed by atoms with Crippen LogP contribution in [0.1, 0.15) is 38.2 Å². The molecule has 0 aliphatic carbocycles. The fraction of sp³-hybridized carbons (Fsp3) is 0.556. The van der Waals surface area contributed by atoms with Gasteiger partial charge in [-0.3, -0.25) is 4.90 Å². The Morgan fingerprint density at radius 3 is 2.50 bits per heavy atom. The summed E-state index contributed by atoms with van der Waals surface area (Å²) in [5.74, 6) is 1.86. The van der Waals surface area contributed by atoms with Crippen molar-refractivity contribution in [3.63, 3.8) is 0 Å². The Morgan fingerprint density at radius 2 is 1.88 bits per heavy atom. The van der Waals surface area contributed by atoms with Crippen molar-refractivity contribution in [3.8, 4) is 5.75 Å². The highest BCUT2D eigenvalue weighted by Crippen LogP contribution is 2.23. The minimum atomic E-state index is 0.208. The second-order valence-corrected chi connectivity index (χ2v) is 6.51. The van der Waals surface area contributed by atoms with E-state index in [2.05, 4.69) is 47.9 Å². The SMILES string of the molecule is COc1ccc(Cn2ncnc2[C@H](C)N2C[C@@H](C)O[C@@H](C)C2)cc1. The van der Waals surface area contributed by atoms with Crippen LogP contribution in [0.4, 0.5) is 0 Å². The molecular weight excluding hydrogens is 304 g/mol. The van der Waals surface area contributed by atoms with Crippen LogP contribution in [0.15, 0.2) is 30.6 Å². The third-order valence-electron chi connectivity index (χ3n) is 4.51. The van der Waals surface area contributed by atoms with E-state index < -0.39 is 0 Å². The zero-order valence-electron chi connectivity index (χ0n) is 14.8. The third-order valence-corrected chi connectivity index (χ3v) is 4.51. The summed E-state index contributed by atoms with van der Waals surface area (Å²) in [7, 11) is 1.68. The molecule has 0 radical (unpaired) electrons. The van der Waals surface area contributed by atoms with E-state index in [1.807, 2.05) is 16.8 Å². The number of rotatable bonds is 5. The zero-order valence-corrected chi connectivity index (χ0v) is 14.8. The molecule has 0 unspecified atom stereocenters. The molecule has 1 aromatic carbocycles. The highest BCUT2D eigenvalue weighted by Gasteiger charge is 2.28. The average molecular weight is 330 g/mol. The monoisotopic (exact) mass is 330 g/mol. The van der Waals surface area contributed by atoms with E-state index in [1.165, 1.54) is 5.56 Å². The molecule has 2 aromatic rings. The van der Waals surface area contributed by atoms with Crippen LogP contribution in [0.3, 0.4) is 0 Å². The molecule has 2 heterocycles. The molecule has 1 aromatic heterocycles. The van der Waals surface area contributed by atoms with Crippen LogP contribution < -0.4 is 4.74 Å². The van der Waals surface area contributed by atoms with Gasteiger partial charge in [0.1, 0.15) is 17.9 Å². The van der Waals surface area contributed by atoms with Crippen LogP contribution in [0.2, 0.25) is 0 Å². The topological polar surface area (TPSA) is 52.4 Å². The third kappa shape index (κ3) is 3.76. The summed E-state index contributed by atoms with van der Waals surface area (Å²) < 4.78 is 13.0. The molecule has 0 bridgehead atoms. The average Bonchev–Trinajstić information content (AvgIpc) is 3.02. The van der Waals surface area contributed by atoms with Crippen molar-refractivity contribution in [2.75, 3.05) is 20.2 Å². The van der Waals surface area contributed by atoms with Gasteiger partial charge >= 0.3 is 0 Å². The number of morpholine rings is 1. The lowest BCUT2D eigenvalue weighted by atomic mass is 10.1. The molecule has 3 rings (SSSR count). The van der Waals surface area contributed by atoms with Crippen molar-refractivity contribution in [3.05, 3.63) is 42.0 Å². The molecule has 6 heteroatoms. The minimum absolute atomic E-state index is 0.208. The molecule has 0 amide bonds. The minimum Gasteiger partial charge on any atom is -0.497 e. The molecule has 130 valence electrons. The van der Waals surface area contributed by atoms with Crippen molar-refractivity contribution in [2.45, 2.75) is 45.6 Å². The van der Waals surface area contributed by atoms with Crippen molar-refractivity contribution >= 4 is 0 Å². The Bertz CT molecular complexity index is 645. The van der Waals surface area contributed by atoms with Crippen molar-refractivity contribution in [1.29, 1.82) is 0 Å². The first-order chi connectivity index (χ1) is 11.6. The molecule has 0 spiro atoms. The molecule has 3 atom stereocenters. The van der Waals surface area contributed by atoms with Crippen LogP contribution in [0.25, 0.3) is 0 Å². The van der Waals surface area contributed by atoms with Crippen LogP contribution in [-0.2, 0) is 11.3 Å². The van der Waals surface area contributed by atoms with Gasteiger partial charge in [-0.1, -0.05) is 12.1 Å². The summed E-state index contributed by atoms with van der Waals surface area (Å²) in [6, 6.07) is 8.28. The quantitative estimate of drug-likeness (QED) is 0.843. The predicted molar refractivity (Wildman–Crippen MR) is 92.1 cm³/mol. The van der Waals surface area contributed by atoms with Gasteiger partial charge in [-0.15, -0.1) is 0 Å². The second-order valence-electron chi connectivity index (χ2n) is 6.51. The molecule has 6 nitrogen and oxygen atoms in total. The summed E-state index contributed by atoms with van der Waals surface area (Å²) in [4.78, 5) is 6.94. The van der Waals surface area contributed by atoms with Crippen molar-refractivity contribution < 1.29 is 9.47 Å². The van der Waals surface area contributed by atoms with Gasteiger partial charge in [-0.05, 0) is 38.5 Å². The first-order valence-electron chi connectivity index (χ1n) is 8.47. The molecule has 0 saturated carbocycles. The number of hydrogen-bond acceptors (Lipinski definition) is 5. The Hall–Kier alpha value is -1.92. The smallest absolute Gasteiger partial charge is 0.144 e. The summed E-state index contributed by atoms with van der Waals surface area (Å²) in [6.07, 6.45) is 2.13. The standard InChI is InChI=1S/C18H26N4O2/c1-13-9-21(10-14(2)24-13)15(3)18-19-12-20-22(18)11-16-5-7-17(23-4)8-6-16/h5-8,12-15H,9-11H2,1-4H3/t13-,14+,15-/m0/s1. The van der Waals surface area contributed by atoms with E-state index in [4.69, 9.17) is 9.47 Å². The van der Waals surface area contributed by atoms with E-state index in [0.29, 0.717) is 6.54 Å². The van der Waals surface area contributed by atoms with Crippen LogP contribution in [-0.4, -0.2) is 52.1 Å². The van der Waals surface area contributed by atoms with Gasteiger partial charge in [0.05, 0.1) is 31.9 Å². The molecular formula is C18H26N4O2. The second kappa shape index (κ2) is 7.32. The van der Waals surface area contributed by atoms with E-state index in [9.17, 15) is 0 Å². The first kappa shape index (κ1) is 16.9. The van der Waals surface area contributed by atoms with E-state index in [-0.39, 0.29) is 18.2 Å². The molecule has 1 fully saturated rings. The predicted octanol–water partition coefficient (Wildman–Crippen LogP) is 2.51. The fourth-order valence-electron chi connectivity index (χ4n) is 3.32. The zero-order chi connectivity index (χ0) is 17.1. The summed E-state index contributed by atoms with van der Waals surface area (Å²) in [6.45, 7) is 8.98. The number of hydrogen-bond donors (Lipinski definition) is 0. The van der Waals surface area contributed by atoms with Crippen molar-refractivity contribution in [1.82, 2.24) is 19.7 Å². The highest BCUT2D eigenvalue weighted by atomic mass is 16.5. The summed E-state index contributed by atoms with van der Waals surface area (Å²) in [5, 5.41) is 4.42. The largest absolute Gasteiger partial charge is 0.497 e. The first-order valence-corrected chi connectivity index (χ1v) is 8.47. The lowest BCUT2D eigenvalue weighted by Crippen LogP contribution is -2.46. The number of ether oxygens (including phenoxy) is 2. The summed E-state index contributed by atoms with van der Waals surface area (Å²) >= 11 is 0. The van der Waals surface area contributed by atoms with Gasteiger partial charge in [-0.2, -0.15) is 5.10 Å². The Morgan fingerprint density at radius 1 is 1.21 bits per heavy atom. The lowest BCUT2D eigenvalue weighted by Gasteiger charge is -2.38. The number of benzene rings is 1. The van der Waals surface area contributed by atoms with Crippen LogP contribution >= 0.6 is 0 Å². The van der Waals surface area contributed by atoms with Gasteiger partial charge in [0.25, 0.3) is 0 Å².